The van der Waals surface area contributed by atoms with Crippen LogP contribution in [0, 0.1) is 0 Å². The molecule has 0 fully saturated rings. The van der Waals surface area contributed by atoms with Gasteiger partial charge in [-0.05, 0) is 26.0 Å². The first-order valence-corrected chi connectivity index (χ1v) is 6.71. The van der Waals surface area contributed by atoms with Crippen LogP contribution in [0.15, 0.2) is 22.8 Å². The second kappa shape index (κ2) is 8.08. The van der Waals surface area contributed by atoms with Gasteiger partial charge in [-0.15, -0.1) is 0 Å². The van der Waals surface area contributed by atoms with Gasteiger partial charge in [0.1, 0.15) is 6.54 Å². The van der Waals surface area contributed by atoms with Crippen LogP contribution in [0.5, 0.6) is 0 Å². The zero-order valence-corrected chi connectivity index (χ0v) is 12.5. The lowest BCUT2D eigenvalue weighted by Gasteiger charge is -2.23. The first kappa shape index (κ1) is 16.7. The summed E-state index contributed by atoms with van der Waals surface area (Å²) < 4.78 is 9.80. The van der Waals surface area contributed by atoms with Crippen molar-refractivity contribution in [2.75, 3.05) is 33.3 Å². The molecule has 0 spiro atoms. The SMILES string of the molecule is CCOC(=O)CN(CC)C(=O)CN(C)C(=O)c1ccco1. The fourth-order valence-electron chi connectivity index (χ4n) is 1.70. The minimum absolute atomic E-state index is 0.119. The van der Waals surface area contributed by atoms with Gasteiger partial charge >= 0.3 is 5.97 Å². The van der Waals surface area contributed by atoms with Crippen LogP contribution in [0.3, 0.4) is 0 Å². The summed E-state index contributed by atoms with van der Waals surface area (Å²) in [5.74, 6) is -1.01. The lowest BCUT2D eigenvalue weighted by atomic mass is 10.3. The molecule has 2 amide bonds. The maximum atomic E-state index is 12.1. The molecule has 0 unspecified atom stereocenters. The van der Waals surface area contributed by atoms with Crippen molar-refractivity contribution in [1.82, 2.24) is 9.80 Å². The van der Waals surface area contributed by atoms with Gasteiger partial charge in [0.25, 0.3) is 5.91 Å². The Morgan fingerprint density at radius 2 is 1.95 bits per heavy atom. The summed E-state index contributed by atoms with van der Waals surface area (Å²) in [6, 6.07) is 3.13. The highest BCUT2D eigenvalue weighted by Crippen LogP contribution is 2.04. The van der Waals surface area contributed by atoms with Crippen LogP contribution in [0.25, 0.3) is 0 Å². The smallest absolute Gasteiger partial charge is 0.325 e. The molecule has 0 saturated heterocycles. The van der Waals surface area contributed by atoms with Gasteiger partial charge in [0.05, 0.1) is 19.4 Å². The van der Waals surface area contributed by atoms with E-state index in [4.69, 9.17) is 9.15 Å². The number of likely N-dealkylation sites (N-methyl/N-ethyl adjacent to an activating group) is 2. The zero-order valence-electron chi connectivity index (χ0n) is 12.5. The van der Waals surface area contributed by atoms with Gasteiger partial charge in [-0.1, -0.05) is 0 Å². The van der Waals surface area contributed by atoms with Gasteiger partial charge in [0.15, 0.2) is 5.76 Å². The van der Waals surface area contributed by atoms with E-state index in [1.807, 2.05) is 0 Å². The molecule has 1 aromatic heterocycles. The summed E-state index contributed by atoms with van der Waals surface area (Å²) in [5.41, 5.74) is 0. The molecule has 7 heteroatoms. The number of esters is 1. The van der Waals surface area contributed by atoms with E-state index >= 15 is 0 Å². The Morgan fingerprint density at radius 1 is 1.24 bits per heavy atom. The van der Waals surface area contributed by atoms with E-state index in [0.29, 0.717) is 6.54 Å². The van der Waals surface area contributed by atoms with Crippen LogP contribution in [-0.2, 0) is 14.3 Å². The van der Waals surface area contributed by atoms with Crippen LogP contribution in [0.1, 0.15) is 24.4 Å². The number of nitrogens with zero attached hydrogens (tertiary/aromatic N) is 2. The van der Waals surface area contributed by atoms with E-state index in [9.17, 15) is 14.4 Å². The van der Waals surface area contributed by atoms with E-state index in [1.165, 1.54) is 29.2 Å². The number of ether oxygens (including phenoxy) is 1. The molecular formula is C14H20N2O5. The molecule has 0 atom stereocenters. The van der Waals surface area contributed by atoms with Crippen molar-refractivity contribution < 1.29 is 23.5 Å². The molecule has 0 aliphatic carbocycles. The third-order valence-corrected chi connectivity index (χ3v) is 2.81. The van der Waals surface area contributed by atoms with E-state index in [-0.39, 0.29) is 37.3 Å². The van der Waals surface area contributed by atoms with Crippen LogP contribution in [0.2, 0.25) is 0 Å². The molecule has 0 aromatic carbocycles. The van der Waals surface area contributed by atoms with Crippen molar-refractivity contribution in [3.63, 3.8) is 0 Å². The van der Waals surface area contributed by atoms with Gasteiger partial charge < -0.3 is 19.0 Å². The third kappa shape index (κ3) is 4.94. The highest BCUT2D eigenvalue weighted by molar-refractivity contribution is 5.94. The van der Waals surface area contributed by atoms with Gasteiger partial charge in [-0.2, -0.15) is 0 Å². The highest BCUT2D eigenvalue weighted by Gasteiger charge is 2.21. The molecule has 1 aromatic rings. The van der Waals surface area contributed by atoms with Crippen molar-refractivity contribution in [2.45, 2.75) is 13.8 Å². The summed E-state index contributed by atoms with van der Waals surface area (Å²) in [7, 11) is 1.50. The molecule has 116 valence electrons. The molecule has 7 nitrogen and oxygen atoms in total. The minimum Gasteiger partial charge on any atom is -0.465 e. The Morgan fingerprint density at radius 3 is 2.48 bits per heavy atom. The summed E-state index contributed by atoms with van der Waals surface area (Å²) >= 11 is 0. The highest BCUT2D eigenvalue weighted by atomic mass is 16.5. The Hall–Kier alpha value is -2.31. The fraction of sp³-hybridized carbons (Fsp3) is 0.500. The van der Waals surface area contributed by atoms with Crippen molar-refractivity contribution >= 4 is 17.8 Å². The third-order valence-electron chi connectivity index (χ3n) is 2.81. The number of carbonyl (C=O) groups excluding carboxylic acids is 3. The lowest BCUT2D eigenvalue weighted by molar-refractivity contribution is -0.148. The van der Waals surface area contributed by atoms with Gasteiger partial charge in [0, 0.05) is 13.6 Å². The minimum atomic E-state index is -0.465. The second-order valence-electron chi connectivity index (χ2n) is 4.35. The Kier molecular flexibility index (Phi) is 6.45. The van der Waals surface area contributed by atoms with E-state index in [2.05, 4.69) is 0 Å². The molecular weight excluding hydrogens is 276 g/mol. The van der Waals surface area contributed by atoms with Crippen LogP contribution in [0.4, 0.5) is 0 Å². The Labute approximate surface area is 123 Å². The van der Waals surface area contributed by atoms with Crippen molar-refractivity contribution in [3.05, 3.63) is 24.2 Å². The quantitative estimate of drug-likeness (QED) is 0.694. The molecule has 0 bridgehead atoms. The number of carbonyl (C=O) groups is 3. The summed E-state index contributed by atoms with van der Waals surface area (Å²) in [4.78, 5) is 38.0. The lowest BCUT2D eigenvalue weighted by Crippen LogP contribution is -2.43. The van der Waals surface area contributed by atoms with Crippen LogP contribution < -0.4 is 0 Å². The standard InChI is InChI=1S/C14H20N2O5/c1-4-16(10-13(18)20-5-2)12(17)9-15(3)14(19)11-7-6-8-21-11/h6-8H,4-5,9-10H2,1-3H3. The van der Waals surface area contributed by atoms with E-state index < -0.39 is 5.97 Å². The molecule has 0 N–H and O–H groups in total. The molecule has 0 saturated carbocycles. The first-order valence-electron chi connectivity index (χ1n) is 6.71. The van der Waals surface area contributed by atoms with Crippen LogP contribution in [-0.4, -0.2) is 60.9 Å². The number of hydrogen-bond acceptors (Lipinski definition) is 5. The average Bonchev–Trinajstić information content (AvgIpc) is 2.98. The first-order chi connectivity index (χ1) is 9.99. The predicted octanol–water partition coefficient (Wildman–Crippen LogP) is 0.763. The summed E-state index contributed by atoms with van der Waals surface area (Å²) in [6.45, 7) is 3.83. The zero-order chi connectivity index (χ0) is 15.8. The maximum Gasteiger partial charge on any atom is 0.325 e. The molecule has 0 radical (unpaired) electrons. The average molecular weight is 296 g/mol. The molecule has 21 heavy (non-hydrogen) atoms. The molecule has 1 heterocycles. The number of amides is 2. The Bertz CT molecular complexity index is 484. The second-order valence-corrected chi connectivity index (χ2v) is 4.35. The maximum absolute atomic E-state index is 12.1. The number of rotatable bonds is 7. The van der Waals surface area contributed by atoms with Gasteiger partial charge in [-0.3, -0.25) is 14.4 Å². The monoisotopic (exact) mass is 296 g/mol. The molecule has 0 aliphatic heterocycles. The van der Waals surface area contributed by atoms with Crippen molar-refractivity contribution in [2.24, 2.45) is 0 Å². The molecule has 1 rings (SSSR count). The van der Waals surface area contributed by atoms with Crippen molar-refractivity contribution in [3.8, 4) is 0 Å². The topological polar surface area (TPSA) is 80.1 Å². The number of furan rings is 1. The Balaban J connectivity index is 2.57. The van der Waals surface area contributed by atoms with Gasteiger partial charge in [-0.25, -0.2) is 0 Å². The largest absolute Gasteiger partial charge is 0.465 e. The fourth-order valence-corrected chi connectivity index (χ4v) is 1.70. The normalized spacial score (nSPS) is 10.0. The summed E-state index contributed by atoms with van der Waals surface area (Å²) in [6.07, 6.45) is 1.39. The van der Waals surface area contributed by atoms with E-state index in [0.717, 1.165) is 0 Å². The predicted molar refractivity (Wildman–Crippen MR) is 74.6 cm³/mol. The van der Waals surface area contributed by atoms with Crippen LogP contribution >= 0.6 is 0 Å². The summed E-state index contributed by atoms with van der Waals surface area (Å²) in [5, 5.41) is 0. The number of hydrogen-bond donors (Lipinski definition) is 0. The molecule has 0 aliphatic rings. The van der Waals surface area contributed by atoms with Crippen molar-refractivity contribution in [1.29, 1.82) is 0 Å². The van der Waals surface area contributed by atoms with Gasteiger partial charge in [0.2, 0.25) is 5.91 Å². The van der Waals surface area contributed by atoms with E-state index in [1.54, 1.807) is 19.9 Å².